The van der Waals surface area contributed by atoms with Gasteiger partial charge >= 0.3 is 6.18 Å². The van der Waals surface area contributed by atoms with E-state index in [1.54, 1.807) is 0 Å². The predicted molar refractivity (Wildman–Crippen MR) is 45.8 cm³/mol. The lowest BCUT2D eigenvalue weighted by Gasteiger charge is -2.13. The van der Waals surface area contributed by atoms with Crippen molar-refractivity contribution in [2.24, 2.45) is 0 Å². The van der Waals surface area contributed by atoms with Gasteiger partial charge in [-0.05, 0) is 0 Å². The lowest BCUT2D eigenvalue weighted by Crippen LogP contribution is -2.13. The third-order valence-corrected chi connectivity index (χ3v) is 2.32. The van der Waals surface area contributed by atoms with Gasteiger partial charge in [-0.3, -0.25) is 0 Å². The van der Waals surface area contributed by atoms with Crippen LogP contribution in [-0.4, -0.2) is 0 Å². The first kappa shape index (κ1) is 12.3. The van der Waals surface area contributed by atoms with Crippen LogP contribution in [0.2, 0.25) is 10.0 Å². The summed E-state index contributed by atoms with van der Waals surface area (Å²) >= 11 is 10.2. The van der Waals surface area contributed by atoms with E-state index >= 15 is 0 Å². The highest BCUT2D eigenvalue weighted by Gasteiger charge is 2.40. The number of alkyl halides is 3. The monoisotopic (exact) mass is 265 g/mol. The van der Waals surface area contributed by atoms with Crippen molar-refractivity contribution in [2.75, 3.05) is 5.73 Å². The van der Waals surface area contributed by atoms with Gasteiger partial charge in [0.15, 0.2) is 11.6 Å². The van der Waals surface area contributed by atoms with Crippen LogP contribution in [-0.2, 0) is 6.18 Å². The lowest BCUT2D eigenvalue weighted by molar-refractivity contribution is -0.142. The van der Waals surface area contributed by atoms with E-state index in [4.69, 9.17) is 28.9 Å². The van der Waals surface area contributed by atoms with Gasteiger partial charge in [-0.25, -0.2) is 8.78 Å². The standard InChI is InChI=1S/C7H2Cl2F5N/c8-2-4(10)1(7(12,13)14)5(11)3(9)6(2)15/h15H2. The molecule has 0 amide bonds. The molecule has 1 aromatic rings. The molecule has 0 spiro atoms. The van der Waals surface area contributed by atoms with E-state index in [1.165, 1.54) is 0 Å². The number of halogens is 7. The van der Waals surface area contributed by atoms with E-state index < -0.39 is 39.1 Å². The Hall–Kier alpha value is -0.750. The molecule has 0 saturated carbocycles. The number of benzene rings is 1. The molecule has 1 nitrogen and oxygen atoms in total. The van der Waals surface area contributed by atoms with Gasteiger partial charge in [-0.2, -0.15) is 13.2 Å². The lowest BCUT2D eigenvalue weighted by atomic mass is 10.1. The molecule has 0 aromatic heterocycles. The van der Waals surface area contributed by atoms with E-state index in [-0.39, 0.29) is 0 Å². The third kappa shape index (κ3) is 1.96. The highest BCUT2D eigenvalue weighted by atomic mass is 35.5. The van der Waals surface area contributed by atoms with Gasteiger partial charge in [0.25, 0.3) is 0 Å². The van der Waals surface area contributed by atoms with Crippen molar-refractivity contribution >= 4 is 28.9 Å². The quantitative estimate of drug-likeness (QED) is 0.430. The predicted octanol–water partition coefficient (Wildman–Crippen LogP) is 3.87. The topological polar surface area (TPSA) is 26.0 Å². The maximum absolute atomic E-state index is 13.0. The molecule has 84 valence electrons. The second kappa shape index (κ2) is 3.68. The van der Waals surface area contributed by atoms with Crippen molar-refractivity contribution in [2.45, 2.75) is 6.18 Å². The Balaban J connectivity index is 3.68. The van der Waals surface area contributed by atoms with Crippen LogP contribution in [0.1, 0.15) is 5.56 Å². The van der Waals surface area contributed by atoms with E-state index in [2.05, 4.69) is 0 Å². The molecule has 15 heavy (non-hydrogen) atoms. The second-order valence-electron chi connectivity index (χ2n) is 2.54. The van der Waals surface area contributed by atoms with Crippen LogP contribution in [0.15, 0.2) is 0 Å². The number of hydrogen-bond acceptors (Lipinski definition) is 1. The van der Waals surface area contributed by atoms with Crippen molar-refractivity contribution in [3.63, 3.8) is 0 Å². The van der Waals surface area contributed by atoms with Crippen LogP contribution in [0.4, 0.5) is 27.6 Å². The fourth-order valence-corrected chi connectivity index (χ4v) is 1.32. The van der Waals surface area contributed by atoms with E-state index in [1.807, 2.05) is 0 Å². The van der Waals surface area contributed by atoms with Crippen molar-refractivity contribution in [3.8, 4) is 0 Å². The van der Waals surface area contributed by atoms with E-state index in [0.717, 1.165) is 0 Å². The van der Waals surface area contributed by atoms with Crippen molar-refractivity contribution < 1.29 is 22.0 Å². The summed E-state index contributed by atoms with van der Waals surface area (Å²) in [7, 11) is 0. The molecule has 0 atom stereocenters. The minimum Gasteiger partial charge on any atom is -0.396 e. The molecule has 1 aromatic carbocycles. The molecule has 0 unspecified atom stereocenters. The van der Waals surface area contributed by atoms with Crippen molar-refractivity contribution in [1.82, 2.24) is 0 Å². The molecular formula is C7H2Cl2F5N. The summed E-state index contributed by atoms with van der Waals surface area (Å²) in [6.07, 6.45) is -5.23. The summed E-state index contributed by atoms with van der Waals surface area (Å²) in [5, 5.41) is -2.09. The van der Waals surface area contributed by atoms with Gasteiger partial charge in [0.05, 0.1) is 5.69 Å². The number of rotatable bonds is 0. The molecule has 0 saturated heterocycles. The average Bonchev–Trinajstić information content (AvgIpc) is 2.09. The zero-order chi connectivity index (χ0) is 12.0. The molecule has 1 rings (SSSR count). The first-order valence-electron chi connectivity index (χ1n) is 3.36. The van der Waals surface area contributed by atoms with Crippen molar-refractivity contribution in [1.29, 1.82) is 0 Å². The minimum atomic E-state index is -5.23. The first-order valence-corrected chi connectivity index (χ1v) is 4.12. The molecule has 2 N–H and O–H groups in total. The second-order valence-corrected chi connectivity index (χ2v) is 3.30. The molecule has 0 heterocycles. The van der Waals surface area contributed by atoms with Crippen molar-refractivity contribution in [3.05, 3.63) is 27.2 Å². The van der Waals surface area contributed by atoms with Crippen LogP contribution >= 0.6 is 23.2 Å². The number of hydrogen-bond donors (Lipinski definition) is 1. The number of nitrogens with two attached hydrogens (primary N) is 1. The Bertz CT molecular complexity index is 386. The molecule has 8 heteroatoms. The zero-order valence-electron chi connectivity index (χ0n) is 6.72. The zero-order valence-corrected chi connectivity index (χ0v) is 8.23. The number of nitrogen functional groups attached to an aromatic ring is 1. The molecule has 0 aliphatic heterocycles. The highest BCUT2D eigenvalue weighted by molar-refractivity contribution is 6.39. The van der Waals surface area contributed by atoms with Crippen LogP contribution < -0.4 is 5.73 Å². The molecular weight excluding hydrogens is 264 g/mol. The van der Waals surface area contributed by atoms with Crippen LogP contribution in [0.5, 0.6) is 0 Å². The molecule has 0 aliphatic rings. The Morgan fingerprint density at radius 1 is 0.933 bits per heavy atom. The smallest absolute Gasteiger partial charge is 0.396 e. The number of anilines is 1. The molecule has 0 radical (unpaired) electrons. The Morgan fingerprint density at radius 2 is 1.27 bits per heavy atom. The molecule has 0 aliphatic carbocycles. The van der Waals surface area contributed by atoms with Crippen LogP contribution in [0, 0.1) is 11.6 Å². The van der Waals surface area contributed by atoms with Gasteiger partial charge in [-0.1, -0.05) is 23.2 Å². The summed E-state index contributed by atoms with van der Waals surface area (Å²) in [5.41, 5.74) is 2.08. The minimum absolute atomic E-state index is 0.763. The summed E-state index contributed by atoms with van der Waals surface area (Å²) in [6.45, 7) is 0. The van der Waals surface area contributed by atoms with E-state index in [9.17, 15) is 22.0 Å². The average molecular weight is 266 g/mol. The summed E-state index contributed by atoms with van der Waals surface area (Å²) in [5.74, 6) is -3.94. The summed E-state index contributed by atoms with van der Waals surface area (Å²) in [6, 6.07) is 0. The van der Waals surface area contributed by atoms with Crippen LogP contribution in [0.3, 0.4) is 0 Å². The first-order chi connectivity index (χ1) is 6.68. The SMILES string of the molecule is Nc1c(Cl)c(F)c(C(F)(F)F)c(F)c1Cl. The Labute approximate surface area is 90.6 Å². The summed E-state index contributed by atoms with van der Waals surface area (Å²) < 4.78 is 62.4. The molecule has 0 bridgehead atoms. The van der Waals surface area contributed by atoms with Gasteiger partial charge in [0, 0.05) is 0 Å². The molecule has 0 fully saturated rings. The van der Waals surface area contributed by atoms with Crippen LogP contribution in [0.25, 0.3) is 0 Å². The maximum Gasteiger partial charge on any atom is 0.422 e. The Morgan fingerprint density at radius 3 is 1.53 bits per heavy atom. The van der Waals surface area contributed by atoms with Gasteiger partial charge in [0.2, 0.25) is 0 Å². The normalized spacial score (nSPS) is 11.9. The van der Waals surface area contributed by atoms with Gasteiger partial charge in [0.1, 0.15) is 15.6 Å². The fraction of sp³-hybridized carbons (Fsp3) is 0.143. The van der Waals surface area contributed by atoms with Gasteiger partial charge in [-0.15, -0.1) is 0 Å². The van der Waals surface area contributed by atoms with E-state index in [0.29, 0.717) is 0 Å². The van der Waals surface area contributed by atoms with Gasteiger partial charge < -0.3 is 5.73 Å². The maximum atomic E-state index is 13.0. The Kier molecular flexibility index (Phi) is 3.02. The highest BCUT2D eigenvalue weighted by Crippen LogP contribution is 2.42. The summed E-state index contributed by atoms with van der Waals surface area (Å²) in [4.78, 5) is 0. The fourth-order valence-electron chi connectivity index (χ4n) is 0.898. The third-order valence-electron chi connectivity index (χ3n) is 1.58. The largest absolute Gasteiger partial charge is 0.422 e.